The molecule has 140 valence electrons. The Morgan fingerprint density at radius 2 is 2.04 bits per heavy atom. The van der Waals surface area contributed by atoms with Crippen molar-refractivity contribution in [3.63, 3.8) is 0 Å². The number of aromatic nitrogens is 2. The van der Waals surface area contributed by atoms with Crippen LogP contribution in [0.25, 0.3) is 5.69 Å². The molecule has 1 aromatic heterocycles. The average molecular weight is 373 g/mol. The minimum absolute atomic E-state index is 0.576. The van der Waals surface area contributed by atoms with Gasteiger partial charge in [0.1, 0.15) is 5.82 Å². The molecule has 4 nitrogen and oxygen atoms in total. The van der Waals surface area contributed by atoms with E-state index in [1.807, 2.05) is 12.1 Å². The Balaban J connectivity index is 1.76. The maximum absolute atomic E-state index is 6.40. The number of anilines is 1. The normalized spacial score (nSPS) is 19.0. The van der Waals surface area contributed by atoms with Crippen LogP contribution in [0.2, 0.25) is 5.02 Å². The molecule has 1 fully saturated rings. The van der Waals surface area contributed by atoms with Gasteiger partial charge < -0.3 is 10.2 Å². The lowest BCUT2D eigenvalue weighted by molar-refractivity contribution is 0.220. The molecule has 0 amide bonds. The summed E-state index contributed by atoms with van der Waals surface area (Å²) in [5, 5.41) is 9.63. The number of benzene rings is 1. The molecule has 1 N–H and O–H groups in total. The fourth-order valence-corrected chi connectivity index (χ4v) is 4.55. The van der Waals surface area contributed by atoms with E-state index >= 15 is 0 Å². The van der Waals surface area contributed by atoms with Crippen molar-refractivity contribution < 1.29 is 0 Å². The van der Waals surface area contributed by atoms with Crippen molar-refractivity contribution in [2.75, 3.05) is 31.5 Å². The third-order valence-electron chi connectivity index (χ3n) is 6.05. The Kier molecular flexibility index (Phi) is 5.23. The summed E-state index contributed by atoms with van der Waals surface area (Å²) in [4.78, 5) is 2.55. The van der Waals surface area contributed by atoms with Gasteiger partial charge in [-0.1, -0.05) is 24.6 Å². The molecule has 0 bridgehead atoms. The quantitative estimate of drug-likeness (QED) is 0.841. The number of likely N-dealkylation sites (tertiary alicyclic amines) is 1. The van der Waals surface area contributed by atoms with Crippen LogP contribution in [0.1, 0.15) is 55.3 Å². The van der Waals surface area contributed by atoms with Gasteiger partial charge in [-0.25, -0.2) is 4.68 Å². The first-order valence-corrected chi connectivity index (χ1v) is 10.4. The maximum atomic E-state index is 6.40. The van der Waals surface area contributed by atoms with Gasteiger partial charge in [0.15, 0.2) is 0 Å². The van der Waals surface area contributed by atoms with Crippen molar-refractivity contribution in [3.8, 4) is 5.69 Å². The minimum Gasteiger partial charge on any atom is -0.370 e. The van der Waals surface area contributed by atoms with Gasteiger partial charge in [-0.3, -0.25) is 0 Å². The molecule has 0 aliphatic carbocycles. The zero-order valence-corrected chi connectivity index (χ0v) is 16.6. The number of nitrogens with one attached hydrogen (secondary N) is 1. The summed E-state index contributed by atoms with van der Waals surface area (Å²) in [6.07, 6.45) is 6.01. The van der Waals surface area contributed by atoms with E-state index in [2.05, 4.69) is 34.8 Å². The lowest BCUT2D eigenvalue weighted by atomic mass is 9.90. The van der Waals surface area contributed by atoms with Crippen LogP contribution in [0.3, 0.4) is 0 Å². The lowest BCUT2D eigenvalue weighted by Crippen LogP contribution is -2.33. The lowest BCUT2D eigenvalue weighted by Gasteiger charge is -2.30. The largest absolute Gasteiger partial charge is 0.370 e. The molecule has 3 heterocycles. The zero-order chi connectivity index (χ0) is 18.1. The zero-order valence-electron chi connectivity index (χ0n) is 15.9. The van der Waals surface area contributed by atoms with Crippen LogP contribution in [-0.4, -0.2) is 40.9 Å². The highest BCUT2D eigenvalue weighted by atomic mass is 35.5. The molecule has 1 aromatic carbocycles. The molecule has 0 atom stereocenters. The molecule has 2 aromatic rings. The van der Waals surface area contributed by atoms with Crippen molar-refractivity contribution in [1.82, 2.24) is 14.7 Å². The Morgan fingerprint density at radius 3 is 2.81 bits per heavy atom. The van der Waals surface area contributed by atoms with E-state index in [0.29, 0.717) is 5.92 Å². The van der Waals surface area contributed by atoms with Crippen LogP contribution in [0.4, 0.5) is 5.82 Å². The van der Waals surface area contributed by atoms with Gasteiger partial charge in [-0.05, 0) is 76.4 Å². The first-order valence-electron chi connectivity index (χ1n) is 10.0. The topological polar surface area (TPSA) is 33.1 Å². The monoisotopic (exact) mass is 372 g/mol. The molecule has 5 heteroatoms. The highest BCUT2D eigenvalue weighted by Crippen LogP contribution is 2.37. The van der Waals surface area contributed by atoms with Crippen LogP contribution < -0.4 is 5.32 Å². The summed E-state index contributed by atoms with van der Waals surface area (Å²) in [6, 6.07) is 6.11. The Hall–Kier alpha value is -1.52. The van der Waals surface area contributed by atoms with Crippen LogP contribution in [0, 0.1) is 6.92 Å². The van der Waals surface area contributed by atoms with E-state index in [9.17, 15) is 0 Å². The van der Waals surface area contributed by atoms with Crippen LogP contribution in [0.15, 0.2) is 18.2 Å². The second kappa shape index (κ2) is 7.61. The van der Waals surface area contributed by atoms with E-state index in [-0.39, 0.29) is 0 Å². The molecular weight excluding hydrogens is 344 g/mol. The average Bonchev–Trinajstić information content (AvgIpc) is 2.85. The van der Waals surface area contributed by atoms with Crippen LogP contribution in [-0.2, 0) is 6.42 Å². The number of hydrogen-bond acceptors (Lipinski definition) is 3. The molecule has 1 saturated heterocycles. The number of piperidine rings is 1. The molecular formula is C21H29ClN4. The SMILES string of the molecule is CCN1CCC(c2nn(-c3cccc(Cl)c3C)c3c2CCCCN3)CC1. The number of hydrogen-bond donors (Lipinski definition) is 1. The van der Waals surface area contributed by atoms with Crippen molar-refractivity contribution in [3.05, 3.63) is 40.0 Å². The van der Waals surface area contributed by atoms with Crippen LogP contribution >= 0.6 is 11.6 Å². The molecule has 2 aliphatic heterocycles. The highest BCUT2D eigenvalue weighted by molar-refractivity contribution is 6.31. The predicted octanol–water partition coefficient (Wildman–Crippen LogP) is 4.78. The third-order valence-corrected chi connectivity index (χ3v) is 6.46. The van der Waals surface area contributed by atoms with Gasteiger partial charge in [-0.2, -0.15) is 5.10 Å². The van der Waals surface area contributed by atoms with E-state index in [4.69, 9.17) is 16.7 Å². The molecule has 26 heavy (non-hydrogen) atoms. The first-order chi connectivity index (χ1) is 12.7. The van der Waals surface area contributed by atoms with Gasteiger partial charge in [-0.15, -0.1) is 0 Å². The molecule has 0 unspecified atom stereocenters. The predicted molar refractivity (Wildman–Crippen MR) is 109 cm³/mol. The van der Waals surface area contributed by atoms with Crippen molar-refractivity contribution in [1.29, 1.82) is 0 Å². The van der Waals surface area contributed by atoms with E-state index in [1.165, 1.54) is 55.8 Å². The molecule has 2 aliphatic rings. The number of nitrogens with zero attached hydrogens (tertiary/aromatic N) is 3. The maximum Gasteiger partial charge on any atom is 0.133 e. The van der Waals surface area contributed by atoms with E-state index < -0.39 is 0 Å². The molecule has 0 radical (unpaired) electrons. The van der Waals surface area contributed by atoms with Gasteiger partial charge in [0, 0.05) is 23.0 Å². The number of rotatable bonds is 3. The molecule has 0 saturated carbocycles. The Labute approximate surface area is 161 Å². The van der Waals surface area contributed by atoms with Crippen molar-refractivity contribution in [2.45, 2.75) is 51.9 Å². The summed E-state index contributed by atoms with van der Waals surface area (Å²) >= 11 is 6.40. The van der Waals surface area contributed by atoms with E-state index in [0.717, 1.165) is 35.8 Å². The van der Waals surface area contributed by atoms with E-state index in [1.54, 1.807) is 0 Å². The van der Waals surface area contributed by atoms with Gasteiger partial charge in [0.05, 0.1) is 11.4 Å². The number of halogens is 1. The summed E-state index contributed by atoms with van der Waals surface area (Å²) < 4.78 is 2.13. The molecule has 4 rings (SSSR count). The van der Waals surface area contributed by atoms with Gasteiger partial charge in [0.25, 0.3) is 0 Å². The summed E-state index contributed by atoms with van der Waals surface area (Å²) in [7, 11) is 0. The summed E-state index contributed by atoms with van der Waals surface area (Å²) in [6.45, 7) is 8.89. The minimum atomic E-state index is 0.576. The first kappa shape index (κ1) is 17.9. The smallest absolute Gasteiger partial charge is 0.133 e. The molecule has 0 spiro atoms. The fourth-order valence-electron chi connectivity index (χ4n) is 4.38. The van der Waals surface area contributed by atoms with Crippen molar-refractivity contribution in [2.24, 2.45) is 0 Å². The summed E-state index contributed by atoms with van der Waals surface area (Å²) in [5.41, 5.74) is 4.96. The highest BCUT2D eigenvalue weighted by Gasteiger charge is 2.29. The van der Waals surface area contributed by atoms with Gasteiger partial charge >= 0.3 is 0 Å². The van der Waals surface area contributed by atoms with Crippen molar-refractivity contribution >= 4 is 17.4 Å². The number of fused-ring (bicyclic) bond motifs is 1. The van der Waals surface area contributed by atoms with Gasteiger partial charge in [0.2, 0.25) is 0 Å². The third kappa shape index (κ3) is 3.25. The second-order valence-electron chi connectivity index (χ2n) is 7.60. The standard InChI is InChI=1S/C21H29ClN4/c1-3-25-13-10-16(11-14-25)20-17-7-4-5-12-23-21(17)26(24-20)19-9-6-8-18(22)15(19)2/h6,8-9,16,23H,3-5,7,10-14H2,1-2H3. The van der Waals surface area contributed by atoms with Crippen LogP contribution in [0.5, 0.6) is 0 Å². The summed E-state index contributed by atoms with van der Waals surface area (Å²) in [5.74, 6) is 1.77. The fraction of sp³-hybridized carbons (Fsp3) is 0.571. The second-order valence-corrected chi connectivity index (χ2v) is 8.01. The Bertz CT molecular complexity index is 775. The Morgan fingerprint density at radius 1 is 1.23 bits per heavy atom.